The van der Waals surface area contributed by atoms with Crippen molar-refractivity contribution < 1.29 is 23.1 Å². The largest absolute Gasteiger partial charge is 0.489 e. The van der Waals surface area contributed by atoms with Gasteiger partial charge in [0.05, 0.1) is 6.54 Å². The molecule has 0 bridgehead atoms. The Hall–Kier alpha value is -4.72. The number of nitrogens with one attached hydrogen (secondary N) is 1. The highest BCUT2D eigenvalue weighted by Gasteiger charge is 2.34. The maximum atomic E-state index is 14.1. The second kappa shape index (κ2) is 10.3. The Kier molecular flexibility index (Phi) is 6.79. The normalized spacial score (nSPS) is 14.3. The number of urea groups is 1. The molecule has 1 aliphatic heterocycles. The van der Waals surface area contributed by atoms with Gasteiger partial charge in [0, 0.05) is 28.2 Å². The Bertz CT molecular complexity index is 1560. The summed E-state index contributed by atoms with van der Waals surface area (Å²) in [6.45, 7) is 3.83. The molecule has 6 nitrogen and oxygen atoms in total. The fourth-order valence-corrected chi connectivity index (χ4v) is 4.47. The molecule has 5 rings (SSSR count). The van der Waals surface area contributed by atoms with Crippen molar-refractivity contribution in [1.29, 1.82) is 0 Å². The van der Waals surface area contributed by atoms with Crippen LogP contribution in [0.15, 0.2) is 84.6 Å². The van der Waals surface area contributed by atoms with Crippen LogP contribution in [0.4, 0.5) is 13.6 Å². The number of rotatable bonds is 7. The van der Waals surface area contributed by atoms with Crippen LogP contribution in [0.1, 0.15) is 28.1 Å². The van der Waals surface area contributed by atoms with E-state index in [1.54, 1.807) is 42.5 Å². The summed E-state index contributed by atoms with van der Waals surface area (Å²) < 4.78 is 35.7. The highest BCUT2D eigenvalue weighted by Crippen LogP contribution is 2.26. The minimum atomic E-state index is -0.593. The monoisotopic (exact) mass is 513 g/mol. The molecule has 1 saturated heterocycles. The quantitative estimate of drug-likeness (QED) is 0.242. The van der Waals surface area contributed by atoms with E-state index in [1.165, 1.54) is 12.1 Å². The van der Waals surface area contributed by atoms with E-state index in [2.05, 4.69) is 5.32 Å². The van der Waals surface area contributed by atoms with E-state index in [0.29, 0.717) is 11.3 Å². The number of carbonyl (C=O) groups excluding carboxylic acids is 2. The molecule has 0 saturated carbocycles. The van der Waals surface area contributed by atoms with Gasteiger partial charge < -0.3 is 14.6 Å². The smallest absolute Gasteiger partial charge is 0.329 e. The van der Waals surface area contributed by atoms with Crippen LogP contribution in [0, 0.1) is 25.5 Å². The molecule has 38 heavy (non-hydrogen) atoms. The Morgan fingerprint density at radius 2 is 1.50 bits per heavy atom. The predicted molar refractivity (Wildman–Crippen MR) is 139 cm³/mol. The third kappa shape index (κ3) is 4.93. The first kappa shape index (κ1) is 25.0. The molecule has 1 aromatic heterocycles. The number of aromatic nitrogens is 1. The van der Waals surface area contributed by atoms with Gasteiger partial charge in [-0.1, -0.05) is 36.4 Å². The molecule has 3 aromatic carbocycles. The topological polar surface area (TPSA) is 63.6 Å². The first-order valence-corrected chi connectivity index (χ1v) is 12.1. The number of carbonyl (C=O) groups is 2. The van der Waals surface area contributed by atoms with Gasteiger partial charge in [-0.25, -0.2) is 13.6 Å². The lowest BCUT2D eigenvalue weighted by molar-refractivity contribution is -0.123. The summed E-state index contributed by atoms with van der Waals surface area (Å²) >= 11 is 0. The number of nitrogens with zero attached hydrogens (tertiary/aromatic N) is 2. The van der Waals surface area contributed by atoms with Crippen LogP contribution >= 0.6 is 0 Å². The number of ether oxygens (including phenoxy) is 1. The van der Waals surface area contributed by atoms with E-state index < -0.39 is 17.8 Å². The van der Waals surface area contributed by atoms with Crippen LogP contribution in [0.2, 0.25) is 0 Å². The van der Waals surface area contributed by atoms with Gasteiger partial charge in [0.15, 0.2) is 0 Å². The fourth-order valence-electron chi connectivity index (χ4n) is 4.47. The highest BCUT2D eigenvalue weighted by atomic mass is 19.1. The van der Waals surface area contributed by atoms with E-state index in [4.69, 9.17) is 4.74 Å². The Labute approximate surface area is 218 Å². The van der Waals surface area contributed by atoms with Gasteiger partial charge in [-0.3, -0.25) is 9.69 Å². The van der Waals surface area contributed by atoms with Gasteiger partial charge >= 0.3 is 6.03 Å². The van der Waals surface area contributed by atoms with E-state index in [-0.39, 0.29) is 30.2 Å². The molecule has 0 aliphatic carbocycles. The molecule has 0 radical (unpaired) electrons. The number of amides is 3. The lowest BCUT2D eigenvalue weighted by atomic mass is 10.2. The molecule has 4 aromatic rings. The second-order valence-corrected chi connectivity index (χ2v) is 9.01. The molecular weight excluding hydrogens is 488 g/mol. The molecule has 192 valence electrons. The molecule has 1 aliphatic rings. The Morgan fingerprint density at radius 1 is 0.868 bits per heavy atom. The van der Waals surface area contributed by atoms with Crippen molar-refractivity contribution in [3.05, 3.63) is 124 Å². The van der Waals surface area contributed by atoms with Crippen molar-refractivity contribution in [1.82, 2.24) is 14.8 Å². The zero-order valence-electron chi connectivity index (χ0n) is 20.9. The number of hydrogen-bond donors (Lipinski definition) is 1. The van der Waals surface area contributed by atoms with Gasteiger partial charge in [0.1, 0.15) is 29.7 Å². The van der Waals surface area contributed by atoms with Gasteiger partial charge in [-0.15, -0.1) is 0 Å². The number of aryl methyl sites for hydroxylation is 1. The average molecular weight is 514 g/mol. The zero-order chi connectivity index (χ0) is 26.8. The van der Waals surface area contributed by atoms with Crippen LogP contribution in [-0.2, 0) is 17.9 Å². The van der Waals surface area contributed by atoms with Crippen molar-refractivity contribution in [2.75, 3.05) is 0 Å². The van der Waals surface area contributed by atoms with Crippen molar-refractivity contribution in [2.24, 2.45) is 0 Å². The fraction of sp³-hybridized carbons (Fsp3) is 0.133. The summed E-state index contributed by atoms with van der Waals surface area (Å²) in [6.07, 6.45) is 1.63. The minimum absolute atomic E-state index is 0.124. The predicted octanol–water partition coefficient (Wildman–Crippen LogP) is 6.04. The van der Waals surface area contributed by atoms with Gasteiger partial charge in [0.25, 0.3) is 5.91 Å². The molecule has 0 unspecified atom stereocenters. The van der Waals surface area contributed by atoms with Crippen LogP contribution in [0.25, 0.3) is 11.8 Å². The number of imide groups is 1. The third-order valence-electron chi connectivity index (χ3n) is 6.47. The van der Waals surface area contributed by atoms with Crippen LogP contribution < -0.4 is 10.1 Å². The molecule has 1 N–H and O–H groups in total. The second-order valence-electron chi connectivity index (χ2n) is 9.01. The molecular formula is C30H25F2N3O3. The Balaban J connectivity index is 1.33. The summed E-state index contributed by atoms with van der Waals surface area (Å²) in [6, 6.07) is 21.3. The average Bonchev–Trinajstić information content (AvgIpc) is 3.33. The van der Waals surface area contributed by atoms with Crippen LogP contribution in [0.5, 0.6) is 5.75 Å². The van der Waals surface area contributed by atoms with Gasteiger partial charge in [-0.2, -0.15) is 0 Å². The van der Waals surface area contributed by atoms with Crippen molar-refractivity contribution >= 4 is 18.0 Å². The Morgan fingerprint density at radius 3 is 2.16 bits per heavy atom. The summed E-state index contributed by atoms with van der Waals surface area (Å²) in [5, 5.41) is 2.60. The van der Waals surface area contributed by atoms with E-state index >= 15 is 0 Å². The van der Waals surface area contributed by atoms with Crippen LogP contribution in [0.3, 0.4) is 0 Å². The standard InChI is InChI=1S/C30H25F2N3O3/c1-19-15-23(16-28-29(36)34(30(37)33-28)17-21-7-3-5-9-26(21)31)20(2)35(19)24-11-13-25(14-12-24)38-18-22-8-4-6-10-27(22)32/h3-16H,17-18H2,1-2H3,(H,33,37)/b28-16+. The molecule has 2 heterocycles. The summed E-state index contributed by atoms with van der Waals surface area (Å²) in [5.41, 5.74) is 4.30. The molecule has 8 heteroatoms. The van der Waals surface area contributed by atoms with E-state index in [9.17, 15) is 18.4 Å². The summed E-state index contributed by atoms with van der Waals surface area (Å²) in [7, 11) is 0. The molecule has 3 amide bonds. The van der Waals surface area contributed by atoms with Gasteiger partial charge in [-0.05, 0) is 68.0 Å². The summed E-state index contributed by atoms with van der Waals surface area (Å²) in [4.78, 5) is 26.4. The van der Waals surface area contributed by atoms with Crippen molar-refractivity contribution in [3.8, 4) is 11.4 Å². The maximum Gasteiger partial charge on any atom is 0.329 e. The summed E-state index contributed by atoms with van der Waals surface area (Å²) in [5.74, 6) is -0.690. The SMILES string of the molecule is Cc1cc(/C=C2/NC(=O)N(Cc3ccccc3F)C2=O)c(C)n1-c1ccc(OCc2ccccc2F)cc1. The third-order valence-corrected chi connectivity index (χ3v) is 6.47. The number of halogens is 2. The van der Waals surface area contributed by atoms with Crippen LogP contribution in [-0.4, -0.2) is 21.4 Å². The van der Waals surface area contributed by atoms with Gasteiger partial charge in [0.2, 0.25) is 0 Å². The lowest BCUT2D eigenvalue weighted by Gasteiger charge is -2.12. The number of benzene rings is 3. The first-order valence-electron chi connectivity index (χ1n) is 12.1. The first-order chi connectivity index (χ1) is 18.3. The highest BCUT2D eigenvalue weighted by molar-refractivity contribution is 6.14. The maximum absolute atomic E-state index is 14.1. The zero-order valence-corrected chi connectivity index (χ0v) is 20.9. The minimum Gasteiger partial charge on any atom is -0.489 e. The number of hydrogen-bond acceptors (Lipinski definition) is 3. The van der Waals surface area contributed by atoms with E-state index in [0.717, 1.165) is 27.5 Å². The van der Waals surface area contributed by atoms with Crippen molar-refractivity contribution in [3.63, 3.8) is 0 Å². The molecule has 1 fully saturated rings. The van der Waals surface area contributed by atoms with E-state index in [1.807, 2.05) is 48.7 Å². The molecule has 0 atom stereocenters. The lowest BCUT2D eigenvalue weighted by Crippen LogP contribution is -2.30. The molecule has 0 spiro atoms. The van der Waals surface area contributed by atoms with Crippen molar-refractivity contribution in [2.45, 2.75) is 27.0 Å².